The van der Waals surface area contributed by atoms with Gasteiger partial charge in [-0.3, -0.25) is 4.90 Å². The summed E-state index contributed by atoms with van der Waals surface area (Å²) in [5.74, 6) is 0. The van der Waals surface area contributed by atoms with Crippen LogP contribution in [-0.4, -0.2) is 43.2 Å². The van der Waals surface area contributed by atoms with E-state index in [0.29, 0.717) is 0 Å². The summed E-state index contributed by atoms with van der Waals surface area (Å²) in [7, 11) is 1.90. The van der Waals surface area contributed by atoms with Crippen molar-refractivity contribution in [3.63, 3.8) is 0 Å². The minimum Gasteiger partial charge on any atom is -0.379 e. The lowest BCUT2D eigenvalue weighted by atomic mass is 10.4. The molecule has 5 heteroatoms. The Morgan fingerprint density at radius 3 is 3.00 bits per heavy atom. The molecule has 1 aliphatic rings. The average molecular weight is 213 g/mol. The van der Waals surface area contributed by atoms with Crippen LogP contribution in [-0.2, 0) is 11.3 Å². The molecule has 0 aromatic carbocycles. The Morgan fingerprint density at radius 2 is 2.36 bits per heavy atom. The van der Waals surface area contributed by atoms with E-state index in [0.717, 1.165) is 43.7 Å². The summed E-state index contributed by atoms with van der Waals surface area (Å²) in [6, 6.07) is 0. The topological polar surface area (TPSA) is 37.4 Å². The van der Waals surface area contributed by atoms with Crippen LogP contribution in [0.5, 0.6) is 0 Å². The smallest absolute Gasteiger partial charge is 0.182 e. The second kappa shape index (κ2) is 4.72. The van der Waals surface area contributed by atoms with Crippen LogP contribution in [0.25, 0.3) is 0 Å². The molecule has 1 saturated heterocycles. The molecule has 0 unspecified atom stereocenters. The second-order valence-corrected chi connectivity index (χ2v) is 4.14. The molecule has 1 aliphatic heterocycles. The van der Waals surface area contributed by atoms with Gasteiger partial charge in [0.25, 0.3) is 0 Å². The quantitative estimate of drug-likeness (QED) is 0.813. The van der Waals surface area contributed by atoms with Crippen molar-refractivity contribution >= 4 is 16.5 Å². The lowest BCUT2D eigenvalue weighted by Crippen LogP contribution is -2.35. The van der Waals surface area contributed by atoms with Crippen LogP contribution < -0.4 is 5.32 Å². The normalized spacial score (nSPS) is 18.4. The zero-order valence-electron chi connectivity index (χ0n) is 8.32. The van der Waals surface area contributed by atoms with Crippen LogP contribution in [0.1, 0.15) is 5.69 Å². The monoisotopic (exact) mass is 213 g/mol. The molecular weight excluding hydrogens is 198 g/mol. The number of nitrogens with zero attached hydrogens (tertiary/aromatic N) is 2. The molecule has 0 atom stereocenters. The third-order valence-electron chi connectivity index (χ3n) is 2.25. The summed E-state index contributed by atoms with van der Waals surface area (Å²) in [5.41, 5.74) is 1.15. The first-order valence-electron chi connectivity index (χ1n) is 4.81. The van der Waals surface area contributed by atoms with Crippen LogP contribution in [0.15, 0.2) is 5.38 Å². The van der Waals surface area contributed by atoms with Crippen LogP contribution in [0.4, 0.5) is 5.13 Å². The third kappa shape index (κ3) is 2.43. The maximum absolute atomic E-state index is 5.29. The number of nitrogens with one attached hydrogen (secondary N) is 1. The van der Waals surface area contributed by atoms with E-state index in [1.165, 1.54) is 0 Å². The van der Waals surface area contributed by atoms with Crippen molar-refractivity contribution in [2.24, 2.45) is 0 Å². The zero-order valence-corrected chi connectivity index (χ0v) is 9.14. The molecule has 14 heavy (non-hydrogen) atoms. The highest BCUT2D eigenvalue weighted by Crippen LogP contribution is 2.16. The summed E-state index contributed by atoms with van der Waals surface area (Å²) in [5, 5.41) is 6.15. The molecule has 2 rings (SSSR count). The highest BCUT2D eigenvalue weighted by molar-refractivity contribution is 7.13. The number of hydrogen-bond donors (Lipinski definition) is 1. The molecule has 1 aromatic heterocycles. The van der Waals surface area contributed by atoms with E-state index in [1.54, 1.807) is 11.3 Å². The van der Waals surface area contributed by atoms with Crippen molar-refractivity contribution in [3.05, 3.63) is 11.1 Å². The molecule has 0 amide bonds. The summed E-state index contributed by atoms with van der Waals surface area (Å²) in [4.78, 5) is 6.82. The van der Waals surface area contributed by atoms with Crippen LogP contribution in [0, 0.1) is 0 Å². The second-order valence-electron chi connectivity index (χ2n) is 3.28. The van der Waals surface area contributed by atoms with Crippen LogP contribution in [0.2, 0.25) is 0 Å². The Balaban J connectivity index is 1.89. The summed E-state index contributed by atoms with van der Waals surface area (Å²) in [6.07, 6.45) is 0. The van der Waals surface area contributed by atoms with Crippen molar-refractivity contribution < 1.29 is 4.74 Å². The molecule has 0 aliphatic carbocycles. The Hall–Kier alpha value is -0.650. The number of morpholine rings is 1. The lowest BCUT2D eigenvalue weighted by Gasteiger charge is -2.25. The fraction of sp³-hybridized carbons (Fsp3) is 0.667. The highest BCUT2D eigenvalue weighted by atomic mass is 32.1. The standard InChI is InChI=1S/C9H15N3OS/c1-10-9-11-8(7-14-9)6-12-2-4-13-5-3-12/h7H,2-6H2,1H3,(H,10,11). The number of rotatable bonds is 3. The Morgan fingerprint density at radius 1 is 1.57 bits per heavy atom. The van der Waals surface area contributed by atoms with Crippen molar-refractivity contribution in [3.8, 4) is 0 Å². The van der Waals surface area contributed by atoms with Gasteiger partial charge in [-0.2, -0.15) is 0 Å². The third-order valence-corrected chi connectivity index (χ3v) is 3.16. The minimum atomic E-state index is 0.850. The van der Waals surface area contributed by atoms with Gasteiger partial charge in [-0.25, -0.2) is 4.98 Å². The number of ether oxygens (including phenoxy) is 1. The largest absolute Gasteiger partial charge is 0.379 e. The maximum atomic E-state index is 5.29. The molecule has 0 radical (unpaired) electrons. The number of anilines is 1. The zero-order chi connectivity index (χ0) is 9.80. The Bertz CT molecular complexity index is 283. The molecule has 0 bridgehead atoms. The molecule has 0 spiro atoms. The maximum Gasteiger partial charge on any atom is 0.182 e. The van der Waals surface area contributed by atoms with Gasteiger partial charge in [0.05, 0.1) is 18.9 Å². The first kappa shape index (κ1) is 9.89. The molecule has 1 N–H and O–H groups in total. The molecular formula is C9H15N3OS. The van der Waals surface area contributed by atoms with Gasteiger partial charge in [-0.15, -0.1) is 11.3 Å². The molecule has 0 saturated carbocycles. The fourth-order valence-corrected chi connectivity index (χ4v) is 2.15. The Kier molecular flexibility index (Phi) is 3.34. The van der Waals surface area contributed by atoms with Crippen LogP contribution in [0.3, 0.4) is 0 Å². The van der Waals surface area contributed by atoms with Gasteiger partial charge in [-0.1, -0.05) is 0 Å². The number of aromatic nitrogens is 1. The van der Waals surface area contributed by atoms with Crippen molar-refractivity contribution in [2.75, 3.05) is 38.7 Å². The SMILES string of the molecule is CNc1nc(CN2CCOCC2)cs1. The molecule has 1 aromatic rings. The summed E-state index contributed by atoms with van der Waals surface area (Å²) >= 11 is 1.66. The first-order chi connectivity index (χ1) is 6.88. The van der Waals surface area contributed by atoms with Crippen molar-refractivity contribution in [1.29, 1.82) is 0 Å². The summed E-state index contributed by atoms with van der Waals surface area (Å²) in [6.45, 7) is 4.69. The van der Waals surface area contributed by atoms with E-state index in [9.17, 15) is 0 Å². The Labute approximate surface area is 87.9 Å². The fourth-order valence-electron chi connectivity index (χ4n) is 1.48. The van der Waals surface area contributed by atoms with Crippen molar-refractivity contribution in [2.45, 2.75) is 6.54 Å². The van der Waals surface area contributed by atoms with E-state index in [-0.39, 0.29) is 0 Å². The van der Waals surface area contributed by atoms with E-state index in [1.807, 2.05) is 7.05 Å². The predicted molar refractivity (Wildman–Crippen MR) is 57.8 cm³/mol. The van der Waals surface area contributed by atoms with Gasteiger partial charge in [0, 0.05) is 32.1 Å². The van der Waals surface area contributed by atoms with Crippen molar-refractivity contribution in [1.82, 2.24) is 9.88 Å². The first-order valence-corrected chi connectivity index (χ1v) is 5.68. The van der Waals surface area contributed by atoms with Gasteiger partial charge >= 0.3 is 0 Å². The highest BCUT2D eigenvalue weighted by Gasteiger charge is 2.11. The van der Waals surface area contributed by atoms with Gasteiger partial charge in [0.15, 0.2) is 5.13 Å². The molecule has 2 heterocycles. The van der Waals surface area contributed by atoms with Gasteiger partial charge in [0.1, 0.15) is 0 Å². The molecule has 4 nitrogen and oxygen atoms in total. The minimum absolute atomic E-state index is 0.850. The van der Waals surface area contributed by atoms with E-state index in [4.69, 9.17) is 4.74 Å². The number of thiazole rings is 1. The summed E-state index contributed by atoms with van der Waals surface area (Å²) < 4.78 is 5.29. The van der Waals surface area contributed by atoms with Gasteiger partial charge in [0.2, 0.25) is 0 Å². The number of hydrogen-bond acceptors (Lipinski definition) is 5. The lowest BCUT2D eigenvalue weighted by molar-refractivity contribution is 0.0337. The van der Waals surface area contributed by atoms with Gasteiger partial charge in [-0.05, 0) is 0 Å². The molecule has 78 valence electrons. The van der Waals surface area contributed by atoms with E-state index < -0.39 is 0 Å². The molecule has 1 fully saturated rings. The van der Waals surface area contributed by atoms with Gasteiger partial charge < -0.3 is 10.1 Å². The van der Waals surface area contributed by atoms with E-state index >= 15 is 0 Å². The predicted octanol–water partition coefficient (Wildman–Crippen LogP) is 1.02. The average Bonchev–Trinajstić information content (AvgIpc) is 2.67. The van der Waals surface area contributed by atoms with Crippen LogP contribution >= 0.6 is 11.3 Å². The van der Waals surface area contributed by atoms with E-state index in [2.05, 4.69) is 20.6 Å².